The molecule has 0 aliphatic carbocycles. The number of esters is 1. The van der Waals surface area contributed by atoms with Crippen LogP contribution in [-0.4, -0.2) is 62.3 Å². The normalized spacial score (nSPS) is 11.3. The zero-order valence-corrected chi connectivity index (χ0v) is 20.2. The molecule has 2 aromatic rings. The first kappa shape index (κ1) is 24.9. The maximum atomic E-state index is 11.3. The van der Waals surface area contributed by atoms with Crippen molar-refractivity contribution in [2.45, 2.75) is 46.3 Å². The standard InChI is InChI=1S/C18H30N8O2.HI/c1-7-19-18(20-8-15-11-26(23-21-15)12-16(27)28-6)24(4)9-14-10-25(5)22-17(14)13(2)3;/h10-11,13H,7-9,12H2,1-6H3,(H,19,20);1H. The third-order valence-corrected chi connectivity index (χ3v) is 4.08. The van der Waals surface area contributed by atoms with Crippen LogP contribution in [0.3, 0.4) is 0 Å². The second-order valence-electron chi connectivity index (χ2n) is 6.88. The van der Waals surface area contributed by atoms with E-state index in [1.807, 2.05) is 31.9 Å². The summed E-state index contributed by atoms with van der Waals surface area (Å²) < 4.78 is 7.92. The molecule has 0 saturated heterocycles. The highest BCUT2D eigenvalue weighted by molar-refractivity contribution is 14.0. The molecular weight excluding hydrogens is 487 g/mol. The van der Waals surface area contributed by atoms with Gasteiger partial charge in [0.2, 0.25) is 0 Å². The zero-order chi connectivity index (χ0) is 20.7. The number of carbonyl (C=O) groups excluding carboxylic acids is 1. The van der Waals surface area contributed by atoms with E-state index in [4.69, 9.17) is 0 Å². The molecule has 2 aromatic heterocycles. The van der Waals surface area contributed by atoms with Crippen LogP contribution in [0.5, 0.6) is 0 Å². The van der Waals surface area contributed by atoms with Crippen LogP contribution in [0.2, 0.25) is 0 Å². The third-order valence-electron chi connectivity index (χ3n) is 4.08. The van der Waals surface area contributed by atoms with E-state index in [1.165, 1.54) is 17.4 Å². The molecule has 0 aromatic carbocycles. The lowest BCUT2D eigenvalue weighted by Gasteiger charge is -2.22. The number of hydrogen-bond donors (Lipinski definition) is 1. The summed E-state index contributed by atoms with van der Waals surface area (Å²) in [5, 5.41) is 15.8. The van der Waals surface area contributed by atoms with E-state index in [2.05, 4.69) is 49.2 Å². The highest BCUT2D eigenvalue weighted by atomic mass is 127. The van der Waals surface area contributed by atoms with Crippen LogP contribution in [0.25, 0.3) is 0 Å². The molecule has 0 bridgehead atoms. The number of halogens is 1. The van der Waals surface area contributed by atoms with Crippen LogP contribution >= 0.6 is 24.0 Å². The molecule has 10 nitrogen and oxygen atoms in total. The third kappa shape index (κ3) is 7.29. The monoisotopic (exact) mass is 518 g/mol. The Morgan fingerprint density at radius 3 is 2.72 bits per heavy atom. The Balaban J connectivity index is 0.00000420. The van der Waals surface area contributed by atoms with Gasteiger partial charge in [-0.2, -0.15) is 5.10 Å². The smallest absolute Gasteiger partial charge is 0.327 e. The predicted molar refractivity (Wildman–Crippen MR) is 121 cm³/mol. The van der Waals surface area contributed by atoms with E-state index in [-0.39, 0.29) is 36.5 Å². The lowest BCUT2D eigenvalue weighted by atomic mass is 10.1. The van der Waals surface area contributed by atoms with Crippen LogP contribution in [0.4, 0.5) is 0 Å². The van der Waals surface area contributed by atoms with Crippen molar-refractivity contribution < 1.29 is 9.53 Å². The van der Waals surface area contributed by atoms with E-state index >= 15 is 0 Å². The molecule has 1 N–H and O–H groups in total. The van der Waals surface area contributed by atoms with Crippen molar-refractivity contribution in [2.24, 2.45) is 12.0 Å². The van der Waals surface area contributed by atoms with Gasteiger partial charge in [-0.1, -0.05) is 19.1 Å². The van der Waals surface area contributed by atoms with Gasteiger partial charge < -0.3 is 15.0 Å². The molecule has 0 amide bonds. The number of aryl methyl sites for hydroxylation is 1. The summed E-state index contributed by atoms with van der Waals surface area (Å²) in [7, 11) is 5.27. The van der Waals surface area contributed by atoms with Crippen molar-refractivity contribution in [3.8, 4) is 0 Å². The van der Waals surface area contributed by atoms with E-state index in [9.17, 15) is 4.79 Å². The molecule has 29 heavy (non-hydrogen) atoms. The minimum Gasteiger partial charge on any atom is -0.468 e. The summed E-state index contributed by atoms with van der Waals surface area (Å²) in [6.45, 7) is 8.15. The van der Waals surface area contributed by atoms with E-state index in [1.54, 1.807) is 6.20 Å². The Kier molecular flexibility index (Phi) is 10.1. The van der Waals surface area contributed by atoms with Crippen molar-refractivity contribution in [1.29, 1.82) is 0 Å². The first-order valence-electron chi connectivity index (χ1n) is 9.31. The lowest BCUT2D eigenvalue weighted by molar-refractivity contribution is -0.141. The van der Waals surface area contributed by atoms with Gasteiger partial charge in [-0.25, -0.2) is 9.67 Å². The molecule has 0 aliphatic rings. The van der Waals surface area contributed by atoms with Crippen LogP contribution < -0.4 is 5.32 Å². The van der Waals surface area contributed by atoms with Gasteiger partial charge >= 0.3 is 5.97 Å². The fourth-order valence-corrected chi connectivity index (χ4v) is 2.80. The Hall–Kier alpha value is -2.18. The first-order chi connectivity index (χ1) is 13.3. The van der Waals surface area contributed by atoms with Crippen LogP contribution in [0.15, 0.2) is 17.4 Å². The number of rotatable bonds is 8. The summed E-state index contributed by atoms with van der Waals surface area (Å²) in [6, 6.07) is 0. The fourth-order valence-electron chi connectivity index (χ4n) is 2.80. The highest BCUT2D eigenvalue weighted by Crippen LogP contribution is 2.18. The zero-order valence-electron chi connectivity index (χ0n) is 17.9. The number of hydrogen-bond acceptors (Lipinski definition) is 6. The summed E-state index contributed by atoms with van der Waals surface area (Å²) in [6.07, 6.45) is 3.75. The number of methoxy groups -OCH3 is 1. The largest absolute Gasteiger partial charge is 0.468 e. The second-order valence-corrected chi connectivity index (χ2v) is 6.88. The molecule has 2 rings (SSSR count). The molecule has 11 heteroatoms. The number of nitrogens with one attached hydrogen (secondary N) is 1. The molecule has 0 radical (unpaired) electrons. The van der Waals surface area contributed by atoms with Gasteiger partial charge in [0.1, 0.15) is 12.2 Å². The maximum Gasteiger partial charge on any atom is 0.327 e. The molecule has 0 fully saturated rings. The van der Waals surface area contributed by atoms with Crippen molar-refractivity contribution in [3.63, 3.8) is 0 Å². The molecular formula is C18H31IN8O2. The molecule has 2 heterocycles. The maximum absolute atomic E-state index is 11.3. The number of aliphatic imine (C=N–C) groups is 1. The van der Waals surface area contributed by atoms with Gasteiger partial charge in [0.25, 0.3) is 0 Å². The SMILES string of the molecule is CCNC(=NCc1cn(CC(=O)OC)nn1)N(C)Cc1cn(C)nc1C(C)C.I. The highest BCUT2D eigenvalue weighted by Gasteiger charge is 2.15. The summed E-state index contributed by atoms with van der Waals surface area (Å²) in [5.74, 6) is 0.753. The van der Waals surface area contributed by atoms with Gasteiger partial charge in [0.15, 0.2) is 5.96 Å². The number of aromatic nitrogens is 5. The van der Waals surface area contributed by atoms with E-state index < -0.39 is 0 Å². The summed E-state index contributed by atoms with van der Waals surface area (Å²) >= 11 is 0. The quantitative estimate of drug-likeness (QED) is 0.245. The number of ether oxygens (including phenoxy) is 1. The molecule has 0 aliphatic heterocycles. The van der Waals surface area contributed by atoms with Crippen molar-refractivity contribution in [1.82, 2.24) is 35.0 Å². The molecule has 162 valence electrons. The Labute approximate surface area is 188 Å². The van der Waals surface area contributed by atoms with Gasteiger partial charge in [-0.15, -0.1) is 29.1 Å². The van der Waals surface area contributed by atoms with Crippen LogP contribution in [0, 0.1) is 0 Å². The lowest BCUT2D eigenvalue weighted by Crippen LogP contribution is -2.38. The summed E-state index contributed by atoms with van der Waals surface area (Å²) in [5.41, 5.74) is 2.95. The first-order valence-corrected chi connectivity index (χ1v) is 9.31. The average molecular weight is 518 g/mol. The molecule has 0 saturated carbocycles. The minimum atomic E-state index is -0.370. The van der Waals surface area contributed by atoms with Crippen LogP contribution in [-0.2, 0) is 36.2 Å². The van der Waals surface area contributed by atoms with E-state index in [0.29, 0.717) is 24.7 Å². The number of guanidine groups is 1. The van der Waals surface area contributed by atoms with E-state index in [0.717, 1.165) is 18.2 Å². The van der Waals surface area contributed by atoms with Gasteiger partial charge in [-0.05, 0) is 12.8 Å². The second kappa shape index (κ2) is 11.7. The van der Waals surface area contributed by atoms with Crippen molar-refractivity contribution in [3.05, 3.63) is 29.3 Å². The predicted octanol–water partition coefficient (Wildman–Crippen LogP) is 1.52. The average Bonchev–Trinajstić information content (AvgIpc) is 3.24. The number of nitrogens with zero attached hydrogens (tertiary/aromatic N) is 7. The Morgan fingerprint density at radius 1 is 1.38 bits per heavy atom. The Bertz CT molecular complexity index is 815. The Morgan fingerprint density at radius 2 is 2.10 bits per heavy atom. The molecule has 0 unspecified atom stereocenters. The van der Waals surface area contributed by atoms with Gasteiger partial charge in [0, 0.05) is 38.9 Å². The molecule has 0 atom stereocenters. The van der Waals surface area contributed by atoms with Gasteiger partial charge in [0.05, 0.1) is 25.5 Å². The summed E-state index contributed by atoms with van der Waals surface area (Å²) in [4.78, 5) is 18.0. The minimum absolute atomic E-state index is 0. The molecule has 0 spiro atoms. The fraction of sp³-hybridized carbons (Fsp3) is 0.611. The van der Waals surface area contributed by atoms with Gasteiger partial charge in [-0.3, -0.25) is 9.48 Å². The topological polar surface area (TPSA) is 102 Å². The number of carbonyl (C=O) groups is 1. The van der Waals surface area contributed by atoms with Crippen molar-refractivity contribution >= 4 is 35.9 Å². The van der Waals surface area contributed by atoms with Crippen molar-refractivity contribution in [2.75, 3.05) is 20.7 Å². The van der Waals surface area contributed by atoms with Crippen LogP contribution in [0.1, 0.15) is 43.6 Å².